The smallest absolute Gasteiger partial charge is 0.358 e. The van der Waals surface area contributed by atoms with Crippen LogP contribution < -0.4 is 5.32 Å². The van der Waals surface area contributed by atoms with Crippen molar-refractivity contribution in [2.75, 3.05) is 5.32 Å². The average Bonchev–Trinajstić information content (AvgIpc) is 2.97. The molecule has 0 amide bonds. The van der Waals surface area contributed by atoms with Crippen LogP contribution in [0.25, 0.3) is 0 Å². The molecule has 0 fully saturated rings. The maximum absolute atomic E-state index is 11.1. The van der Waals surface area contributed by atoms with Crippen molar-refractivity contribution in [1.29, 1.82) is 5.26 Å². The van der Waals surface area contributed by atoms with Crippen LogP contribution in [0, 0.1) is 21.4 Å². The first-order valence-electron chi connectivity index (χ1n) is 7.15. The van der Waals surface area contributed by atoms with Crippen LogP contribution in [0.2, 0.25) is 0 Å². The summed E-state index contributed by atoms with van der Waals surface area (Å²) in [7, 11) is 1.65. The highest BCUT2D eigenvalue weighted by Gasteiger charge is 2.23. The summed E-state index contributed by atoms with van der Waals surface area (Å²) in [5.41, 5.74) is 1.72. The van der Waals surface area contributed by atoms with E-state index in [1.54, 1.807) is 19.3 Å². The molecule has 0 aliphatic rings. The van der Waals surface area contributed by atoms with Crippen molar-refractivity contribution in [3.05, 3.63) is 64.6 Å². The fraction of sp³-hybridized carbons (Fsp3) is 0.0625. The lowest BCUT2D eigenvalue weighted by atomic mass is 10.2. The molecule has 2 heterocycles. The molecular weight excluding hydrogens is 340 g/mol. The molecule has 1 N–H and O–H groups in total. The number of pyridine rings is 1. The molecule has 0 saturated carbocycles. The number of benzene rings is 1. The maximum atomic E-state index is 11.1. The first-order valence-corrected chi connectivity index (χ1v) is 7.96. The fourth-order valence-corrected chi connectivity index (χ4v) is 3.11. The number of rotatable bonds is 5. The van der Waals surface area contributed by atoms with Gasteiger partial charge in [-0.05, 0) is 39.9 Å². The zero-order valence-electron chi connectivity index (χ0n) is 13.1. The number of aromatic nitrogens is 3. The molecule has 9 heteroatoms. The highest BCUT2D eigenvalue weighted by atomic mass is 32.2. The van der Waals surface area contributed by atoms with Gasteiger partial charge in [-0.1, -0.05) is 18.2 Å². The van der Waals surface area contributed by atoms with E-state index < -0.39 is 4.92 Å². The summed E-state index contributed by atoms with van der Waals surface area (Å²) in [6.07, 6.45) is 2.91. The van der Waals surface area contributed by atoms with Crippen molar-refractivity contribution in [3.8, 4) is 6.07 Å². The van der Waals surface area contributed by atoms with E-state index in [0.717, 1.165) is 17.4 Å². The van der Waals surface area contributed by atoms with Crippen LogP contribution in [-0.4, -0.2) is 19.5 Å². The van der Waals surface area contributed by atoms with Gasteiger partial charge in [0.05, 0.1) is 5.69 Å². The second-order valence-electron chi connectivity index (χ2n) is 4.98. The van der Waals surface area contributed by atoms with E-state index in [9.17, 15) is 15.4 Å². The van der Waals surface area contributed by atoms with Crippen molar-refractivity contribution in [3.63, 3.8) is 0 Å². The van der Waals surface area contributed by atoms with Crippen LogP contribution >= 0.6 is 11.8 Å². The molecule has 0 spiro atoms. The number of nitrogens with one attached hydrogen (secondary N) is 1. The Hall–Kier alpha value is -3.38. The number of imidazole rings is 1. The first-order chi connectivity index (χ1) is 12.1. The molecule has 0 radical (unpaired) electrons. The van der Waals surface area contributed by atoms with Gasteiger partial charge in [-0.2, -0.15) is 5.26 Å². The number of nitriles is 1. The Labute approximate surface area is 147 Å². The van der Waals surface area contributed by atoms with Crippen molar-refractivity contribution in [1.82, 2.24) is 14.5 Å². The molecule has 25 heavy (non-hydrogen) atoms. The lowest BCUT2D eigenvalue weighted by Gasteiger charge is -2.10. The lowest BCUT2D eigenvalue weighted by molar-refractivity contribution is -0.392. The number of nitro groups is 1. The zero-order chi connectivity index (χ0) is 17.8. The molecule has 0 atom stereocenters. The predicted molar refractivity (Wildman–Crippen MR) is 92.7 cm³/mol. The number of hydrogen-bond donors (Lipinski definition) is 1. The van der Waals surface area contributed by atoms with Gasteiger partial charge in [-0.3, -0.25) is 0 Å². The van der Waals surface area contributed by atoms with Gasteiger partial charge in [0.1, 0.15) is 16.7 Å². The molecule has 0 aliphatic heterocycles. The van der Waals surface area contributed by atoms with Gasteiger partial charge >= 0.3 is 5.82 Å². The molecule has 2 aromatic heterocycles. The summed E-state index contributed by atoms with van der Waals surface area (Å²) >= 11 is 1.04. The quantitative estimate of drug-likeness (QED) is 0.553. The Morgan fingerprint density at radius 2 is 2.04 bits per heavy atom. The third kappa shape index (κ3) is 3.44. The predicted octanol–water partition coefficient (Wildman–Crippen LogP) is 3.49. The monoisotopic (exact) mass is 352 g/mol. The van der Waals surface area contributed by atoms with Crippen molar-refractivity contribution < 1.29 is 4.92 Å². The summed E-state index contributed by atoms with van der Waals surface area (Å²) in [6.45, 7) is 0. The second-order valence-corrected chi connectivity index (χ2v) is 5.96. The fourth-order valence-electron chi connectivity index (χ4n) is 2.15. The molecule has 0 aliphatic carbocycles. The van der Waals surface area contributed by atoms with E-state index in [-0.39, 0.29) is 5.82 Å². The summed E-state index contributed by atoms with van der Waals surface area (Å²) in [5, 5.41) is 24.5. The third-order valence-electron chi connectivity index (χ3n) is 3.31. The Balaban J connectivity index is 1.98. The minimum Gasteiger partial charge on any atom is -0.358 e. The molecule has 8 nitrogen and oxygen atoms in total. The van der Waals surface area contributed by atoms with Crippen molar-refractivity contribution in [2.45, 2.75) is 10.1 Å². The van der Waals surface area contributed by atoms with E-state index >= 15 is 0 Å². The highest BCUT2D eigenvalue weighted by Crippen LogP contribution is 2.36. The average molecular weight is 352 g/mol. The number of aryl methyl sites for hydroxylation is 1. The third-order valence-corrected chi connectivity index (χ3v) is 4.48. The minimum atomic E-state index is -0.555. The van der Waals surface area contributed by atoms with Gasteiger partial charge in [0, 0.05) is 18.9 Å². The lowest BCUT2D eigenvalue weighted by Crippen LogP contribution is -1.99. The number of anilines is 2. The molecule has 1 aromatic carbocycles. The van der Waals surface area contributed by atoms with Gasteiger partial charge in [0.15, 0.2) is 5.03 Å². The van der Waals surface area contributed by atoms with E-state index in [4.69, 9.17) is 0 Å². The molecule has 0 unspecified atom stereocenters. The maximum Gasteiger partial charge on any atom is 0.396 e. The topological polar surface area (TPSA) is 110 Å². The van der Waals surface area contributed by atoms with E-state index in [1.165, 1.54) is 10.9 Å². The first kappa shape index (κ1) is 16.5. The Bertz CT molecular complexity index is 965. The van der Waals surface area contributed by atoms with Crippen LogP contribution in [0.3, 0.4) is 0 Å². The minimum absolute atomic E-state index is 0.264. The summed E-state index contributed by atoms with van der Waals surface area (Å²) in [4.78, 5) is 18.5. The standard InChI is InChI=1S/C16H12N6O2S/c1-21-10-19-14(22(23)24)16(21)25-15-12(9-17)13(7-8-18-15)20-11-5-3-2-4-6-11/h2-8,10H,1H3,(H,18,20). The van der Waals surface area contributed by atoms with Crippen LogP contribution in [0.5, 0.6) is 0 Å². The highest BCUT2D eigenvalue weighted by molar-refractivity contribution is 7.99. The van der Waals surface area contributed by atoms with Crippen LogP contribution in [0.4, 0.5) is 17.2 Å². The van der Waals surface area contributed by atoms with Crippen LogP contribution in [0.15, 0.2) is 59.0 Å². The van der Waals surface area contributed by atoms with Crippen molar-refractivity contribution >= 4 is 29.0 Å². The summed E-state index contributed by atoms with van der Waals surface area (Å²) in [6, 6.07) is 13.2. The summed E-state index contributed by atoms with van der Waals surface area (Å²) in [5.74, 6) is -0.264. The molecule has 3 aromatic rings. The number of para-hydroxylation sites is 1. The molecule has 3 rings (SSSR count). The summed E-state index contributed by atoms with van der Waals surface area (Å²) < 4.78 is 1.53. The normalized spacial score (nSPS) is 10.2. The largest absolute Gasteiger partial charge is 0.396 e. The van der Waals surface area contributed by atoms with Crippen LogP contribution in [-0.2, 0) is 7.05 Å². The van der Waals surface area contributed by atoms with E-state index in [1.807, 2.05) is 30.3 Å². The molecule has 0 saturated heterocycles. The van der Waals surface area contributed by atoms with Gasteiger partial charge in [-0.15, -0.1) is 0 Å². The SMILES string of the molecule is Cn1cnc([N+](=O)[O-])c1Sc1nccc(Nc2ccccc2)c1C#N. The molecular formula is C16H12N6O2S. The number of hydrogen-bond acceptors (Lipinski definition) is 7. The Morgan fingerprint density at radius 3 is 2.72 bits per heavy atom. The van der Waals surface area contributed by atoms with Gasteiger partial charge in [-0.25, -0.2) is 4.98 Å². The second kappa shape index (κ2) is 7.02. The zero-order valence-corrected chi connectivity index (χ0v) is 13.9. The van der Waals surface area contributed by atoms with E-state index in [2.05, 4.69) is 21.4 Å². The van der Waals surface area contributed by atoms with Crippen molar-refractivity contribution in [2.24, 2.45) is 7.05 Å². The number of nitrogens with zero attached hydrogens (tertiary/aromatic N) is 5. The Kier molecular flexibility index (Phi) is 4.63. The molecule has 0 bridgehead atoms. The van der Waals surface area contributed by atoms with Crippen LogP contribution in [0.1, 0.15) is 5.56 Å². The molecule has 124 valence electrons. The van der Waals surface area contributed by atoms with Gasteiger partial charge in [0.2, 0.25) is 6.33 Å². The van der Waals surface area contributed by atoms with Gasteiger partial charge in [0.25, 0.3) is 0 Å². The Morgan fingerprint density at radius 1 is 1.28 bits per heavy atom. The van der Waals surface area contributed by atoms with E-state index in [0.29, 0.717) is 21.3 Å². The van der Waals surface area contributed by atoms with Gasteiger partial charge < -0.3 is 20.0 Å².